The molecule has 46 heavy (non-hydrogen) atoms. The molecule has 1 unspecified atom stereocenters. The maximum absolute atomic E-state index is 13.4. The number of hydrogen-bond donors (Lipinski definition) is 2. The van der Waals surface area contributed by atoms with E-state index in [1.165, 1.54) is 50.3 Å². The Balaban J connectivity index is 1.12. The molecule has 7 rings (SSSR count). The number of ether oxygens (including phenoxy) is 1. The monoisotopic (exact) mass is 705 g/mol. The molecule has 0 bridgehead atoms. The average molecular weight is 707 g/mol. The minimum Gasteiger partial charge on any atom is -0.494 e. The second kappa shape index (κ2) is 12.7. The average Bonchev–Trinajstić information content (AvgIpc) is 3.05. The lowest BCUT2D eigenvalue weighted by molar-refractivity contribution is 0.0892. The highest BCUT2D eigenvalue weighted by Gasteiger charge is 2.36. The number of fused-ring (bicyclic) bond motifs is 4. The van der Waals surface area contributed by atoms with Gasteiger partial charge in [0.05, 0.1) is 33.8 Å². The molecule has 2 aromatic heterocycles. The van der Waals surface area contributed by atoms with E-state index in [0.29, 0.717) is 50.3 Å². The second-order valence-electron chi connectivity index (χ2n) is 13.0. The van der Waals surface area contributed by atoms with Crippen LogP contribution in [0.15, 0.2) is 47.3 Å². The van der Waals surface area contributed by atoms with E-state index in [1.807, 2.05) is 12.1 Å². The lowest BCUT2D eigenvalue weighted by Crippen LogP contribution is -2.55. The van der Waals surface area contributed by atoms with Crippen LogP contribution in [-0.2, 0) is 11.0 Å². The molecule has 13 heteroatoms. The third kappa shape index (κ3) is 6.20. The fourth-order valence-electron chi connectivity index (χ4n) is 7.24. The molecular weight excluding hydrogens is 665 g/mol. The van der Waals surface area contributed by atoms with Crippen LogP contribution < -0.4 is 25.6 Å². The van der Waals surface area contributed by atoms with Crippen molar-refractivity contribution in [3.05, 3.63) is 52.9 Å². The number of piperazine rings is 1. The zero-order valence-electron chi connectivity index (χ0n) is 26.8. The van der Waals surface area contributed by atoms with E-state index in [4.69, 9.17) is 9.72 Å². The van der Waals surface area contributed by atoms with Crippen molar-refractivity contribution in [3.8, 4) is 5.75 Å². The fourth-order valence-corrected chi connectivity index (χ4v) is 8.92. The summed E-state index contributed by atoms with van der Waals surface area (Å²) in [7, 11) is 1.20. The number of nitrogens with one attached hydrogen (secondary N) is 2. The molecule has 2 saturated heterocycles. The number of aromatic nitrogens is 4. The fraction of sp³-hybridized carbons (Fsp3) is 0.455. The highest BCUT2D eigenvalue weighted by molar-refractivity contribution is 9.10. The molecule has 2 aromatic carbocycles. The van der Waals surface area contributed by atoms with Crippen molar-refractivity contribution in [1.82, 2.24) is 29.7 Å². The Morgan fingerprint density at radius 1 is 0.957 bits per heavy atom. The zero-order chi connectivity index (χ0) is 32.0. The van der Waals surface area contributed by atoms with E-state index < -0.39 is 7.14 Å². The van der Waals surface area contributed by atoms with Gasteiger partial charge in [-0.2, -0.15) is 4.98 Å². The molecule has 2 atom stereocenters. The van der Waals surface area contributed by atoms with E-state index in [9.17, 15) is 4.57 Å². The number of rotatable bonds is 7. The van der Waals surface area contributed by atoms with Crippen molar-refractivity contribution < 1.29 is 9.30 Å². The lowest BCUT2D eigenvalue weighted by atomic mass is 9.86. The number of methoxy groups -OCH3 is 1. The summed E-state index contributed by atoms with van der Waals surface area (Å²) in [6.45, 7) is 9.24. The molecule has 2 N–H and O–H groups in total. The molecule has 4 aromatic rings. The maximum atomic E-state index is 13.4. The zero-order valence-corrected chi connectivity index (χ0v) is 29.3. The Morgan fingerprint density at radius 2 is 1.76 bits per heavy atom. The first-order chi connectivity index (χ1) is 22.2. The third-order valence-corrected chi connectivity index (χ3v) is 11.7. The summed E-state index contributed by atoms with van der Waals surface area (Å²) in [6.07, 6.45) is 9.57. The Labute approximate surface area is 278 Å². The third-order valence-electron chi connectivity index (χ3n) is 9.60. The van der Waals surface area contributed by atoms with Gasteiger partial charge in [0, 0.05) is 75.2 Å². The molecule has 242 valence electrons. The summed E-state index contributed by atoms with van der Waals surface area (Å²) in [5.41, 5.74) is 5.41. The summed E-state index contributed by atoms with van der Waals surface area (Å²) in [5.74, 6) is 1.72. The van der Waals surface area contributed by atoms with Crippen LogP contribution in [-0.4, -0.2) is 102 Å². The SMILES string of the molecule is COc1cc2c(cc1Nc1ncc(Br)c(Nc3ccc4nccnc4c3P(C)(C)=O)n1)CC[C@@H]1CC(N3CCN(C)CC3)CCN21. The Bertz CT molecular complexity index is 1810. The number of halogens is 1. The van der Waals surface area contributed by atoms with Crippen molar-refractivity contribution in [2.75, 3.05) is 75.7 Å². The van der Waals surface area contributed by atoms with Gasteiger partial charge in [-0.15, -0.1) is 0 Å². The van der Waals surface area contributed by atoms with Crippen molar-refractivity contribution >= 4 is 68.2 Å². The molecule has 0 aliphatic carbocycles. The number of piperidine rings is 1. The van der Waals surface area contributed by atoms with Crippen LogP contribution in [0.4, 0.5) is 28.8 Å². The van der Waals surface area contributed by atoms with Gasteiger partial charge in [0.1, 0.15) is 24.2 Å². The summed E-state index contributed by atoms with van der Waals surface area (Å²) in [4.78, 5) is 26.0. The smallest absolute Gasteiger partial charge is 0.229 e. The summed E-state index contributed by atoms with van der Waals surface area (Å²) in [5, 5.41) is 7.43. The van der Waals surface area contributed by atoms with Gasteiger partial charge >= 0.3 is 0 Å². The molecular formula is C33H41BrN9O2P. The van der Waals surface area contributed by atoms with Gasteiger partial charge < -0.3 is 29.7 Å². The molecule has 0 spiro atoms. The topological polar surface area (TPSA) is 112 Å². The number of likely N-dealkylation sites (N-methyl/N-ethyl adjacent to an activating group) is 1. The van der Waals surface area contributed by atoms with Crippen molar-refractivity contribution in [2.24, 2.45) is 0 Å². The van der Waals surface area contributed by atoms with Gasteiger partial charge in [0.25, 0.3) is 0 Å². The number of hydrogen-bond acceptors (Lipinski definition) is 11. The largest absolute Gasteiger partial charge is 0.494 e. The van der Waals surface area contributed by atoms with Crippen LogP contribution >= 0.6 is 23.1 Å². The molecule has 11 nitrogen and oxygen atoms in total. The van der Waals surface area contributed by atoms with Crippen LogP contribution in [0.5, 0.6) is 5.75 Å². The number of benzene rings is 2. The Kier molecular flexibility index (Phi) is 8.65. The molecule has 3 aliphatic heterocycles. The van der Waals surface area contributed by atoms with Gasteiger partial charge in [0.2, 0.25) is 5.95 Å². The van der Waals surface area contributed by atoms with Crippen molar-refractivity contribution in [1.29, 1.82) is 0 Å². The normalized spacial score (nSPS) is 20.7. The molecule has 3 aliphatic rings. The van der Waals surface area contributed by atoms with Crippen LogP contribution in [0.2, 0.25) is 0 Å². The number of anilines is 5. The van der Waals surface area contributed by atoms with Crippen LogP contribution in [0, 0.1) is 0 Å². The van der Waals surface area contributed by atoms with Gasteiger partial charge in [-0.25, -0.2) is 4.98 Å². The van der Waals surface area contributed by atoms with E-state index in [2.05, 4.69) is 75.4 Å². The van der Waals surface area contributed by atoms with E-state index in [0.717, 1.165) is 30.8 Å². The van der Waals surface area contributed by atoms with Crippen molar-refractivity contribution in [3.63, 3.8) is 0 Å². The molecule has 2 fully saturated rings. The standard InChI is InChI=1S/C33H41BrN9O2P/c1-41-13-15-42(16-14-41)22-9-12-43-23(18-22)6-5-21-17-27(29(45-2)19-28(21)43)39-33-37-20-24(34)32(40-33)38-26-8-7-25-30(36-11-10-35-25)31(26)46(3,4)44/h7-8,10-11,17,19-20,22-23H,5-6,9,12-16,18H2,1-4H3,(H2,37,38,39,40)/t22?,23-/m1/s1. The van der Waals surface area contributed by atoms with Gasteiger partial charge in [-0.05, 0) is 85.8 Å². The van der Waals surface area contributed by atoms with Gasteiger partial charge in [0.15, 0.2) is 0 Å². The first kappa shape index (κ1) is 31.3. The summed E-state index contributed by atoms with van der Waals surface area (Å²) >= 11 is 3.59. The summed E-state index contributed by atoms with van der Waals surface area (Å²) < 4.78 is 20.0. The lowest BCUT2D eigenvalue weighted by Gasteiger charge is -2.48. The first-order valence-corrected chi connectivity index (χ1v) is 19.3. The van der Waals surface area contributed by atoms with Crippen LogP contribution in [0.3, 0.4) is 0 Å². The second-order valence-corrected chi connectivity index (χ2v) is 17.0. The molecule has 0 saturated carbocycles. The Morgan fingerprint density at radius 3 is 2.54 bits per heavy atom. The van der Waals surface area contributed by atoms with E-state index in [1.54, 1.807) is 39.0 Å². The predicted molar refractivity (Wildman–Crippen MR) is 189 cm³/mol. The van der Waals surface area contributed by atoms with E-state index >= 15 is 0 Å². The quantitative estimate of drug-likeness (QED) is 0.239. The molecule has 0 amide bonds. The van der Waals surface area contributed by atoms with Crippen LogP contribution in [0.25, 0.3) is 11.0 Å². The van der Waals surface area contributed by atoms with Gasteiger partial charge in [-0.3, -0.25) is 14.9 Å². The minimum atomic E-state index is -2.73. The first-order valence-electron chi connectivity index (χ1n) is 15.9. The predicted octanol–water partition coefficient (Wildman–Crippen LogP) is 5.46. The number of nitrogens with zero attached hydrogens (tertiary/aromatic N) is 7. The maximum Gasteiger partial charge on any atom is 0.229 e. The van der Waals surface area contributed by atoms with Crippen LogP contribution in [0.1, 0.15) is 24.8 Å². The van der Waals surface area contributed by atoms with Crippen molar-refractivity contribution in [2.45, 2.75) is 37.8 Å². The Hall–Kier alpha value is -3.31. The van der Waals surface area contributed by atoms with E-state index in [-0.39, 0.29) is 0 Å². The minimum absolute atomic E-state index is 0.420. The molecule has 5 heterocycles. The van der Waals surface area contributed by atoms with Gasteiger partial charge in [-0.1, -0.05) is 0 Å². The summed E-state index contributed by atoms with van der Waals surface area (Å²) in [6, 6.07) is 9.36. The highest BCUT2D eigenvalue weighted by atomic mass is 79.9. The molecule has 0 radical (unpaired) electrons. The number of aryl methyl sites for hydroxylation is 1. The highest BCUT2D eigenvalue weighted by Crippen LogP contribution is 2.43.